The maximum absolute atomic E-state index is 12.8. The van der Waals surface area contributed by atoms with Gasteiger partial charge in [-0.05, 0) is 55.3 Å². The summed E-state index contributed by atoms with van der Waals surface area (Å²) in [5.41, 5.74) is 3.36. The fourth-order valence-corrected chi connectivity index (χ4v) is 5.93. The van der Waals surface area contributed by atoms with Crippen molar-refractivity contribution in [2.45, 2.75) is 40.2 Å². The van der Waals surface area contributed by atoms with Gasteiger partial charge in [-0.2, -0.15) is 17.4 Å². The number of piperazine rings is 1. The van der Waals surface area contributed by atoms with Crippen molar-refractivity contribution in [3.63, 3.8) is 0 Å². The molecule has 0 bridgehead atoms. The van der Waals surface area contributed by atoms with Gasteiger partial charge < -0.3 is 19.2 Å². The molecule has 1 fully saturated rings. The monoisotopic (exact) mass is 580 g/mol. The number of carbonyl (C=O) groups is 1. The zero-order valence-electron chi connectivity index (χ0n) is 23.8. The lowest BCUT2D eigenvalue weighted by molar-refractivity contribution is -0.140. The minimum atomic E-state index is -3.91. The summed E-state index contributed by atoms with van der Waals surface area (Å²) in [4.78, 5) is 17.9. The van der Waals surface area contributed by atoms with E-state index >= 15 is 0 Å². The summed E-state index contributed by atoms with van der Waals surface area (Å²) in [6.07, 6.45) is 2.48. The fraction of sp³-hybridized carbons (Fsp3) is 0.400. The molecule has 1 atom stereocenters. The van der Waals surface area contributed by atoms with Crippen LogP contribution < -0.4 is 14.4 Å². The third kappa shape index (κ3) is 7.47. The molecule has 3 aromatic rings. The quantitative estimate of drug-likeness (QED) is 0.347. The van der Waals surface area contributed by atoms with Gasteiger partial charge in [0.2, 0.25) is 5.89 Å². The minimum Gasteiger partial charge on any atom is -0.493 e. The van der Waals surface area contributed by atoms with Crippen LogP contribution in [-0.4, -0.2) is 67.6 Å². The first kappa shape index (κ1) is 30.1. The third-order valence-electron chi connectivity index (χ3n) is 6.78. The maximum atomic E-state index is 12.8. The molecular formula is C30H36N4O6S. The average Bonchev–Trinajstić information content (AvgIpc) is 3.45. The summed E-state index contributed by atoms with van der Waals surface area (Å²) in [7, 11) is -3.91. The van der Waals surface area contributed by atoms with Gasteiger partial charge in [0.15, 0.2) is 0 Å². The van der Waals surface area contributed by atoms with E-state index in [0.717, 1.165) is 34.6 Å². The number of nitrogens with zero attached hydrogens (tertiary/aromatic N) is 3. The van der Waals surface area contributed by atoms with Gasteiger partial charge in [0.1, 0.15) is 17.6 Å². The van der Waals surface area contributed by atoms with Gasteiger partial charge in [-0.1, -0.05) is 32.6 Å². The number of rotatable bonds is 10. The molecule has 11 heteroatoms. The van der Waals surface area contributed by atoms with E-state index in [-0.39, 0.29) is 19.0 Å². The molecule has 1 aliphatic rings. The highest BCUT2D eigenvalue weighted by molar-refractivity contribution is 7.87. The Morgan fingerprint density at radius 2 is 1.73 bits per heavy atom. The Balaban J connectivity index is 1.41. The van der Waals surface area contributed by atoms with E-state index in [2.05, 4.69) is 26.4 Å². The number of carboxylic acid groups (broad SMARTS) is 1. The summed E-state index contributed by atoms with van der Waals surface area (Å²) in [6.45, 7) is 9.29. The standard InChI is InChI=1S/C30H36N4O6S/c1-5-25-20-31-29(40-25)26-19-23(11-14-27(26)39-6-2)8-7-22-9-12-24(13-10-22)33-15-17-34(18-16-33)41(37,38)32-28(21(3)4)30(35)36/h9-14,19-21,28,32H,5-6,15-18H2,1-4H3,(H,35,36). The Morgan fingerprint density at radius 3 is 2.32 bits per heavy atom. The van der Waals surface area contributed by atoms with Crippen molar-refractivity contribution in [1.29, 1.82) is 0 Å². The Hall–Kier alpha value is -3.85. The zero-order chi connectivity index (χ0) is 29.6. The van der Waals surface area contributed by atoms with Gasteiger partial charge in [-0.25, -0.2) is 4.98 Å². The minimum absolute atomic E-state index is 0.256. The Morgan fingerprint density at radius 1 is 1.07 bits per heavy atom. The number of nitrogens with one attached hydrogen (secondary N) is 1. The second kappa shape index (κ2) is 13.2. The first-order chi connectivity index (χ1) is 19.6. The van der Waals surface area contributed by atoms with Crippen molar-refractivity contribution in [3.05, 3.63) is 65.5 Å². The number of aromatic nitrogens is 1. The predicted octanol–water partition coefficient (Wildman–Crippen LogP) is 3.77. The van der Waals surface area contributed by atoms with Crippen LogP contribution in [0.2, 0.25) is 0 Å². The number of aryl methyl sites for hydroxylation is 1. The fourth-order valence-electron chi connectivity index (χ4n) is 4.44. The molecule has 1 aliphatic heterocycles. The molecule has 0 saturated carbocycles. The molecule has 1 saturated heterocycles. The van der Waals surface area contributed by atoms with Crippen LogP contribution in [0.5, 0.6) is 5.75 Å². The van der Waals surface area contributed by atoms with E-state index in [1.54, 1.807) is 20.0 Å². The number of aliphatic carboxylic acids is 1. The van der Waals surface area contributed by atoms with Crippen LogP contribution in [0.1, 0.15) is 44.6 Å². The molecule has 1 unspecified atom stereocenters. The van der Waals surface area contributed by atoms with Gasteiger partial charge in [0, 0.05) is 49.4 Å². The molecule has 1 aromatic heterocycles. The molecule has 0 amide bonds. The topological polar surface area (TPSA) is 125 Å². The lowest BCUT2D eigenvalue weighted by Crippen LogP contribution is -2.55. The SMILES string of the molecule is CCOc1ccc(C#Cc2ccc(N3CCN(S(=O)(=O)NC(C(=O)O)C(C)C)CC3)cc2)cc1-c1ncc(CC)o1. The van der Waals surface area contributed by atoms with Crippen LogP contribution in [0.4, 0.5) is 5.69 Å². The lowest BCUT2D eigenvalue weighted by atomic mass is 10.1. The average molecular weight is 581 g/mol. The molecule has 10 nitrogen and oxygen atoms in total. The molecule has 41 heavy (non-hydrogen) atoms. The molecule has 0 aliphatic carbocycles. The van der Waals surface area contributed by atoms with Gasteiger partial charge in [-0.3, -0.25) is 4.79 Å². The van der Waals surface area contributed by atoms with E-state index in [0.29, 0.717) is 31.3 Å². The van der Waals surface area contributed by atoms with Gasteiger partial charge >= 0.3 is 5.97 Å². The summed E-state index contributed by atoms with van der Waals surface area (Å²) in [5.74, 6) is 6.84. The predicted molar refractivity (Wildman–Crippen MR) is 157 cm³/mol. The summed E-state index contributed by atoms with van der Waals surface area (Å²) >= 11 is 0. The van der Waals surface area contributed by atoms with Gasteiger partial charge in [0.25, 0.3) is 10.2 Å². The van der Waals surface area contributed by atoms with Crippen molar-refractivity contribution in [2.24, 2.45) is 5.92 Å². The largest absolute Gasteiger partial charge is 0.493 e. The number of benzene rings is 2. The Kier molecular flexibility index (Phi) is 9.70. The number of carboxylic acids is 1. The van der Waals surface area contributed by atoms with Gasteiger partial charge in [-0.15, -0.1) is 0 Å². The first-order valence-electron chi connectivity index (χ1n) is 13.7. The highest BCUT2D eigenvalue weighted by Gasteiger charge is 2.33. The van der Waals surface area contributed by atoms with E-state index in [1.807, 2.05) is 56.3 Å². The molecule has 2 N–H and O–H groups in total. The molecule has 4 rings (SSSR count). The summed E-state index contributed by atoms with van der Waals surface area (Å²) in [6, 6.07) is 12.3. The number of anilines is 1. The number of oxazole rings is 1. The van der Waals surface area contributed by atoms with Crippen LogP contribution in [0, 0.1) is 17.8 Å². The van der Waals surface area contributed by atoms with Crippen LogP contribution in [0.3, 0.4) is 0 Å². The summed E-state index contributed by atoms with van der Waals surface area (Å²) < 4.78 is 40.7. The van der Waals surface area contributed by atoms with Crippen molar-refractivity contribution < 1.29 is 27.5 Å². The highest BCUT2D eigenvalue weighted by atomic mass is 32.2. The smallest absolute Gasteiger partial charge is 0.322 e. The van der Waals surface area contributed by atoms with E-state index in [9.17, 15) is 18.3 Å². The van der Waals surface area contributed by atoms with Crippen LogP contribution >= 0.6 is 0 Å². The van der Waals surface area contributed by atoms with Crippen molar-refractivity contribution in [2.75, 3.05) is 37.7 Å². The van der Waals surface area contributed by atoms with E-state index < -0.39 is 22.2 Å². The van der Waals surface area contributed by atoms with Crippen molar-refractivity contribution >= 4 is 21.9 Å². The number of hydrogen-bond acceptors (Lipinski definition) is 7. The molecular weight excluding hydrogens is 544 g/mol. The normalized spacial score (nSPS) is 14.9. The Labute approximate surface area is 241 Å². The van der Waals surface area contributed by atoms with E-state index in [1.165, 1.54) is 4.31 Å². The number of hydrogen-bond donors (Lipinski definition) is 2. The number of ether oxygens (including phenoxy) is 1. The zero-order valence-corrected chi connectivity index (χ0v) is 24.6. The second-order valence-corrected chi connectivity index (χ2v) is 11.7. The first-order valence-corrected chi connectivity index (χ1v) is 15.1. The van der Waals surface area contributed by atoms with Crippen LogP contribution in [-0.2, 0) is 21.4 Å². The second-order valence-electron chi connectivity index (χ2n) is 10.00. The Bertz CT molecular complexity index is 1510. The molecule has 2 heterocycles. The van der Waals surface area contributed by atoms with Crippen LogP contribution in [0.15, 0.2) is 53.1 Å². The lowest BCUT2D eigenvalue weighted by Gasteiger charge is -2.36. The third-order valence-corrected chi connectivity index (χ3v) is 8.38. The maximum Gasteiger partial charge on any atom is 0.322 e. The molecule has 0 radical (unpaired) electrons. The van der Waals surface area contributed by atoms with E-state index in [4.69, 9.17) is 9.15 Å². The molecule has 218 valence electrons. The van der Waals surface area contributed by atoms with Crippen LogP contribution in [0.25, 0.3) is 11.5 Å². The highest BCUT2D eigenvalue weighted by Crippen LogP contribution is 2.31. The molecule has 0 spiro atoms. The van der Waals surface area contributed by atoms with Crippen molar-refractivity contribution in [3.8, 4) is 29.0 Å². The van der Waals surface area contributed by atoms with Crippen molar-refractivity contribution in [1.82, 2.24) is 14.0 Å². The molecule has 2 aromatic carbocycles. The van der Waals surface area contributed by atoms with Gasteiger partial charge in [0.05, 0.1) is 18.4 Å². The summed E-state index contributed by atoms with van der Waals surface area (Å²) in [5, 5.41) is 9.35.